The minimum Gasteiger partial charge on any atom is -0.310 e. The van der Waals surface area contributed by atoms with Gasteiger partial charge in [-0.25, -0.2) is 4.68 Å². The number of benzene rings is 1. The molecule has 0 saturated heterocycles. The predicted octanol–water partition coefficient (Wildman–Crippen LogP) is 3.80. The monoisotopic (exact) mass is 315 g/mol. The van der Waals surface area contributed by atoms with Crippen molar-refractivity contribution in [3.63, 3.8) is 0 Å². The Kier molecular flexibility index (Phi) is 3.67. The summed E-state index contributed by atoms with van der Waals surface area (Å²) in [6, 6.07) is 4.72. The summed E-state index contributed by atoms with van der Waals surface area (Å²) in [6.07, 6.45) is 0.411. The van der Waals surface area contributed by atoms with Gasteiger partial charge in [0.25, 0.3) is 0 Å². The molecule has 1 saturated carbocycles. The summed E-state index contributed by atoms with van der Waals surface area (Å²) in [5.41, 5.74) is -0.127. The lowest BCUT2D eigenvalue weighted by molar-refractivity contribution is -0.137. The lowest BCUT2D eigenvalue weighted by Gasteiger charge is -2.15. The van der Waals surface area contributed by atoms with Crippen molar-refractivity contribution in [1.82, 2.24) is 15.1 Å². The summed E-state index contributed by atoms with van der Waals surface area (Å²) in [4.78, 5) is 0. The van der Waals surface area contributed by atoms with Crippen molar-refractivity contribution in [2.45, 2.75) is 31.6 Å². The van der Waals surface area contributed by atoms with E-state index >= 15 is 0 Å². The van der Waals surface area contributed by atoms with Gasteiger partial charge in [-0.2, -0.15) is 18.3 Å². The van der Waals surface area contributed by atoms with Crippen molar-refractivity contribution in [3.05, 3.63) is 46.7 Å². The SMILES string of the molecule is FC(F)(F)c1cc(CNC2CC2)ccc1-n1cc(Cl)cn1. The minimum atomic E-state index is -4.44. The molecule has 1 aromatic carbocycles. The number of hydrogen-bond donors (Lipinski definition) is 1. The molecule has 0 bridgehead atoms. The smallest absolute Gasteiger partial charge is 0.310 e. The van der Waals surface area contributed by atoms with Crippen molar-refractivity contribution in [3.8, 4) is 5.69 Å². The fraction of sp³-hybridized carbons (Fsp3) is 0.357. The van der Waals surface area contributed by atoms with Crippen LogP contribution in [0.15, 0.2) is 30.6 Å². The number of nitrogens with zero attached hydrogens (tertiary/aromatic N) is 2. The van der Waals surface area contributed by atoms with Crippen LogP contribution >= 0.6 is 11.6 Å². The summed E-state index contributed by atoms with van der Waals surface area (Å²) in [5, 5.41) is 7.34. The fourth-order valence-corrected chi connectivity index (χ4v) is 2.24. The Morgan fingerprint density at radius 1 is 1.33 bits per heavy atom. The van der Waals surface area contributed by atoms with Gasteiger partial charge < -0.3 is 5.32 Å². The molecule has 1 aromatic heterocycles. The fourth-order valence-electron chi connectivity index (χ4n) is 2.10. The molecule has 0 amide bonds. The second-order valence-electron chi connectivity index (χ2n) is 5.11. The molecule has 3 nitrogen and oxygen atoms in total. The molecule has 112 valence electrons. The van der Waals surface area contributed by atoms with E-state index in [4.69, 9.17) is 11.6 Å². The predicted molar refractivity (Wildman–Crippen MR) is 73.4 cm³/mol. The van der Waals surface area contributed by atoms with Gasteiger partial charge in [-0.05, 0) is 30.5 Å². The van der Waals surface area contributed by atoms with Crippen molar-refractivity contribution in [1.29, 1.82) is 0 Å². The highest BCUT2D eigenvalue weighted by Gasteiger charge is 2.34. The zero-order valence-electron chi connectivity index (χ0n) is 11.0. The molecular weight excluding hydrogens is 303 g/mol. The van der Waals surface area contributed by atoms with Crippen LogP contribution in [0.5, 0.6) is 0 Å². The van der Waals surface area contributed by atoms with E-state index in [9.17, 15) is 13.2 Å². The van der Waals surface area contributed by atoms with E-state index in [1.54, 1.807) is 6.07 Å². The molecule has 1 fully saturated rings. The third-order valence-electron chi connectivity index (χ3n) is 3.34. The van der Waals surface area contributed by atoms with Crippen LogP contribution in [0.3, 0.4) is 0 Å². The molecule has 3 rings (SSSR count). The third-order valence-corrected chi connectivity index (χ3v) is 3.53. The van der Waals surface area contributed by atoms with Crippen LogP contribution in [0, 0.1) is 0 Å². The molecule has 0 atom stereocenters. The second kappa shape index (κ2) is 5.35. The van der Waals surface area contributed by atoms with Crippen molar-refractivity contribution < 1.29 is 13.2 Å². The van der Waals surface area contributed by atoms with Gasteiger partial charge >= 0.3 is 6.18 Å². The minimum absolute atomic E-state index is 0.0235. The largest absolute Gasteiger partial charge is 0.418 e. The number of alkyl halides is 3. The van der Waals surface area contributed by atoms with E-state index in [0.29, 0.717) is 23.2 Å². The second-order valence-corrected chi connectivity index (χ2v) is 5.54. The van der Waals surface area contributed by atoms with Gasteiger partial charge in [0, 0.05) is 18.8 Å². The highest BCUT2D eigenvalue weighted by Crippen LogP contribution is 2.34. The maximum atomic E-state index is 13.2. The molecule has 1 heterocycles. The van der Waals surface area contributed by atoms with Crippen LogP contribution in [0.4, 0.5) is 13.2 Å². The molecule has 0 radical (unpaired) electrons. The highest BCUT2D eigenvalue weighted by molar-refractivity contribution is 6.30. The molecule has 1 aliphatic carbocycles. The number of nitrogens with one attached hydrogen (secondary N) is 1. The van der Waals surface area contributed by atoms with Crippen molar-refractivity contribution in [2.75, 3.05) is 0 Å². The lowest BCUT2D eigenvalue weighted by atomic mass is 10.1. The van der Waals surface area contributed by atoms with Crippen LogP contribution < -0.4 is 5.32 Å². The maximum absolute atomic E-state index is 13.2. The van der Waals surface area contributed by atoms with E-state index in [1.165, 1.54) is 24.5 Å². The highest BCUT2D eigenvalue weighted by atomic mass is 35.5. The Hall–Kier alpha value is -1.53. The summed E-state index contributed by atoms with van der Waals surface area (Å²) < 4.78 is 40.9. The van der Waals surface area contributed by atoms with Crippen molar-refractivity contribution >= 4 is 11.6 Å². The Balaban J connectivity index is 1.94. The molecule has 1 N–H and O–H groups in total. The first-order chi connectivity index (χ1) is 9.93. The van der Waals surface area contributed by atoms with E-state index in [-0.39, 0.29) is 5.69 Å². The van der Waals surface area contributed by atoms with Crippen LogP contribution in [-0.4, -0.2) is 15.8 Å². The Morgan fingerprint density at radius 2 is 2.10 bits per heavy atom. The zero-order valence-corrected chi connectivity index (χ0v) is 11.7. The zero-order chi connectivity index (χ0) is 15.0. The lowest BCUT2D eigenvalue weighted by Crippen LogP contribution is -2.17. The molecule has 0 spiro atoms. The van der Waals surface area contributed by atoms with Crippen molar-refractivity contribution in [2.24, 2.45) is 0 Å². The van der Waals surface area contributed by atoms with Gasteiger partial charge in [-0.1, -0.05) is 17.7 Å². The van der Waals surface area contributed by atoms with Gasteiger partial charge in [0.15, 0.2) is 0 Å². The average molecular weight is 316 g/mol. The van der Waals surface area contributed by atoms with Crippen LogP contribution in [0.2, 0.25) is 5.02 Å². The molecule has 21 heavy (non-hydrogen) atoms. The first-order valence-electron chi connectivity index (χ1n) is 6.57. The quantitative estimate of drug-likeness (QED) is 0.930. The van der Waals surface area contributed by atoms with Gasteiger partial charge in [0.2, 0.25) is 0 Å². The first-order valence-corrected chi connectivity index (χ1v) is 6.95. The van der Waals surface area contributed by atoms with Crippen LogP contribution in [0.25, 0.3) is 5.69 Å². The molecule has 0 aliphatic heterocycles. The number of hydrogen-bond acceptors (Lipinski definition) is 2. The third kappa shape index (κ3) is 3.39. The van der Waals surface area contributed by atoms with E-state index < -0.39 is 11.7 Å². The van der Waals surface area contributed by atoms with E-state index in [0.717, 1.165) is 17.5 Å². The maximum Gasteiger partial charge on any atom is 0.418 e. The molecule has 1 aliphatic rings. The average Bonchev–Trinajstić information content (AvgIpc) is 3.16. The first kappa shape index (κ1) is 14.4. The molecule has 7 heteroatoms. The van der Waals surface area contributed by atoms with Gasteiger partial charge in [0.05, 0.1) is 22.5 Å². The standard InChI is InChI=1S/C14H13ClF3N3/c15-10-7-20-21(8-10)13-4-1-9(6-19-11-2-3-11)5-12(13)14(16,17)18/h1,4-5,7-8,11,19H,2-3,6H2. The topological polar surface area (TPSA) is 29.9 Å². The molecule has 0 unspecified atom stereocenters. The number of aromatic nitrogens is 2. The Morgan fingerprint density at radius 3 is 2.67 bits per heavy atom. The normalized spacial score (nSPS) is 15.4. The van der Waals surface area contributed by atoms with E-state index in [1.807, 2.05) is 0 Å². The summed E-state index contributed by atoms with van der Waals surface area (Å²) in [5.74, 6) is 0. The van der Waals surface area contributed by atoms with Gasteiger partial charge in [-0.15, -0.1) is 0 Å². The van der Waals surface area contributed by atoms with Gasteiger partial charge in [0.1, 0.15) is 0 Å². The number of rotatable bonds is 4. The Labute approximate surface area is 124 Å². The molecule has 2 aromatic rings. The van der Waals surface area contributed by atoms with E-state index in [2.05, 4.69) is 10.4 Å². The molecular formula is C14H13ClF3N3. The Bertz CT molecular complexity index is 647. The van der Waals surface area contributed by atoms with Crippen LogP contribution in [-0.2, 0) is 12.7 Å². The summed E-state index contributed by atoms with van der Waals surface area (Å²) in [7, 11) is 0. The van der Waals surface area contributed by atoms with Crippen LogP contribution in [0.1, 0.15) is 24.0 Å². The summed E-state index contributed by atoms with van der Waals surface area (Å²) >= 11 is 5.73. The number of halogens is 4. The summed E-state index contributed by atoms with van der Waals surface area (Å²) in [6.45, 7) is 0.438. The van der Waals surface area contributed by atoms with Gasteiger partial charge in [-0.3, -0.25) is 0 Å².